The summed E-state index contributed by atoms with van der Waals surface area (Å²) in [6.07, 6.45) is 3.18. The predicted molar refractivity (Wildman–Crippen MR) is 84.4 cm³/mol. The highest BCUT2D eigenvalue weighted by molar-refractivity contribution is 9.10. The third kappa shape index (κ3) is 4.93. The Labute approximate surface area is 126 Å². The Balaban J connectivity index is 3.08. The van der Waals surface area contributed by atoms with Crippen molar-refractivity contribution in [3.8, 4) is 11.5 Å². The fourth-order valence-corrected chi connectivity index (χ4v) is 1.94. The molecule has 0 bridgehead atoms. The molecule has 0 unspecified atom stereocenters. The summed E-state index contributed by atoms with van der Waals surface area (Å²) in [4.78, 5) is 0. The van der Waals surface area contributed by atoms with Gasteiger partial charge in [0, 0.05) is 0 Å². The quantitative estimate of drug-likeness (QED) is 0.343. The molecule has 0 saturated heterocycles. The van der Waals surface area contributed by atoms with E-state index in [1.54, 1.807) is 12.1 Å². The topological polar surface area (TPSA) is 95.2 Å². The second kappa shape index (κ2) is 8.21. The van der Waals surface area contributed by atoms with Gasteiger partial charge in [-0.25, -0.2) is 0 Å². The van der Waals surface area contributed by atoms with Gasteiger partial charge in [-0.3, -0.25) is 0 Å². The summed E-state index contributed by atoms with van der Waals surface area (Å²) < 4.78 is 11.9. The molecule has 0 fully saturated rings. The van der Waals surface area contributed by atoms with E-state index < -0.39 is 0 Å². The van der Waals surface area contributed by atoms with E-state index in [1.165, 1.54) is 6.21 Å². The Morgan fingerprint density at radius 2 is 2.15 bits per heavy atom. The van der Waals surface area contributed by atoms with Gasteiger partial charge in [-0.05, 0) is 40.5 Å². The van der Waals surface area contributed by atoms with Gasteiger partial charge in [-0.2, -0.15) is 5.10 Å². The molecule has 1 rings (SSSR count). The van der Waals surface area contributed by atoms with Crippen LogP contribution in [0.1, 0.15) is 12.5 Å². The van der Waals surface area contributed by atoms with Crippen LogP contribution >= 0.6 is 15.9 Å². The first kappa shape index (κ1) is 16.0. The molecule has 0 aliphatic heterocycles. The van der Waals surface area contributed by atoms with Crippen LogP contribution in [0.2, 0.25) is 0 Å². The summed E-state index contributed by atoms with van der Waals surface area (Å²) in [5, 5.41) is 7.29. The summed E-state index contributed by atoms with van der Waals surface area (Å²) >= 11 is 3.43. The highest BCUT2D eigenvalue weighted by Crippen LogP contribution is 2.36. The molecule has 6 nitrogen and oxygen atoms in total. The first-order valence-electron chi connectivity index (χ1n) is 5.90. The van der Waals surface area contributed by atoms with E-state index in [-0.39, 0.29) is 5.96 Å². The second-order valence-electron chi connectivity index (χ2n) is 3.63. The zero-order chi connectivity index (χ0) is 15.0. The monoisotopic (exact) mass is 340 g/mol. The molecule has 20 heavy (non-hydrogen) atoms. The van der Waals surface area contributed by atoms with Gasteiger partial charge in [0.25, 0.3) is 0 Å². The van der Waals surface area contributed by atoms with E-state index in [0.29, 0.717) is 24.7 Å². The van der Waals surface area contributed by atoms with Crippen molar-refractivity contribution in [1.29, 1.82) is 0 Å². The number of benzene rings is 1. The molecule has 1 aromatic rings. The molecule has 0 radical (unpaired) electrons. The minimum absolute atomic E-state index is 0.101. The van der Waals surface area contributed by atoms with E-state index in [4.69, 9.17) is 20.9 Å². The molecule has 0 saturated carbocycles. The van der Waals surface area contributed by atoms with Gasteiger partial charge in [0.1, 0.15) is 6.61 Å². The molecule has 0 atom stereocenters. The lowest BCUT2D eigenvalue weighted by molar-refractivity contribution is 0.295. The molecular weight excluding hydrogens is 324 g/mol. The van der Waals surface area contributed by atoms with Gasteiger partial charge in [-0.15, -0.1) is 5.10 Å². The van der Waals surface area contributed by atoms with E-state index in [2.05, 4.69) is 32.7 Å². The zero-order valence-electron chi connectivity index (χ0n) is 11.2. The molecule has 1 aromatic carbocycles. The third-order valence-electron chi connectivity index (χ3n) is 2.06. The fourth-order valence-electron chi connectivity index (χ4n) is 1.37. The highest BCUT2D eigenvalue weighted by atomic mass is 79.9. The largest absolute Gasteiger partial charge is 0.490 e. The standard InChI is InChI=1S/C13H17BrN4O2/c1-3-5-20-12-10(14)6-9(7-11(12)19-4-2)8-17-18-13(15)16/h3,6-8H,1,4-5H2,2H3,(H4,15,16,18)/b17-8+. The Kier molecular flexibility index (Phi) is 6.58. The summed E-state index contributed by atoms with van der Waals surface area (Å²) in [5.74, 6) is 1.12. The van der Waals surface area contributed by atoms with Crippen molar-refractivity contribution in [2.24, 2.45) is 21.7 Å². The number of hydrogen-bond donors (Lipinski definition) is 2. The summed E-state index contributed by atoms with van der Waals surface area (Å²) in [5.41, 5.74) is 11.2. The molecule has 4 N–H and O–H groups in total. The lowest BCUT2D eigenvalue weighted by atomic mass is 10.2. The van der Waals surface area contributed by atoms with Crippen LogP contribution < -0.4 is 20.9 Å². The van der Waals surface area contributed by atoms with Crippen LogP contribution in [0.15, 0.2) is 39.5 Å². The SMILES string of the molecule is C=CCOc1c(Br)cc(/C=N/N=C(N)N)cc1OCC. The van der Waals surface area contributed by atoms with Gasteiger partial charge in [-0.1, -0.05) is 12.7 Å². The van der Waals surface area contributed by atoms with Gasteiger partial charge >= 0.3 is 0 Å². The van der Waals surface area contributed by atoms with Crippen molar-refractivity contribution in [1.82, 2.24) is 0 Å². The van der Waals surface area contributed by atoms with E-state index in [9.17, 15) is 0 Å². The Morgan fingerprint density at radius 1 is 1.40 bits per heavy atom. The maximum atomic E-state index is 5.57. The van der Waals surface area contributed by atoms with Crippen molar-refractivity contribution < 1.29 is 9.47 Å². The molecule has 0 aliphatic rings. The van der Waals surface area contributed by atoms with E-state index in [1.807, 2.05) is 13.0 Å². The van der Waals surface area contributed by atoms with Gasteiger partial charge in [0.15, 0.2) is 11.5 Å². The van der Waals surface area contributed by atoms with Crippen LogP contribution in [0.3, 0.4) is 0 Å². The van der Waals surface area contributed by atoms with Crippen LogP contribution in [-0.2, 0) is 0 Å². The van der Waals surface area contributed by atoms with Crippen molar-refractivity contribution >= 4 is 28.1 Å². The van der Waals surface area contributed by atoms with Crippen LogP contribution in [0.4, 0.5) is 0 Å². The maximum Gasteiger partial charge on any atom is 0.211 e. The first-order chi connectivity index (χ1) is 9.58. The summed E-state index contributed by atoms with van der Waals surface area (Å²) in [7, 11) is 0. The zero-order valence-corrected chi connectivity index (χ0v) is 12.8. The van der Waals surface area contributed by atoms with Crippen molar-refractivity contribution in [2.75, 3.05) is 13.2 Å². The lowest BCUT2D eigenvalue weighted by Gasteiger charge is -2.13. The number of nitrogens with two attached hydrogens (primary N) is 2. The van der Waals surface area contributed by atoms with Gasteiger partial charge in [0.05, 0.1) is 17.3 Å². The number of rotatable bonds is 7. The van der Waals surface area contributed by atoms with Crippen LogP contribution in [-0.4, -0.2) is 25.4 Å². The normalized spacial score (nSPS) is 10.3. The maximum absolute atomic E-state index is 5.57. The van der Waals surface area contributed by atoms with Crippen LogP contribution in [0.5, 0.6) is 11.5 Å². The Bertz CT molecular complexity index is 525. The molecule has 108 valence electrons. The average Bonchev–Trinajstić information content (AvgIpc) is 2.38. The van der Waals surface area contributed by atoms with E-state index >= 15 is 0 Å². The minimum atomic E-state index is -0.101. The molecule has 7 heteroatoms. The van der Waals surface area contributed by atoms with Crippen LogP contribution in [0, 0.1) is 0 Å². The summed E-state index contributed by atoms with van der Waals surface area (Å²) in [6, 6.07) is 3.62. The number of nitrogens with zero attached hydrogens (tertiary/aromatic N) is 2. The summed E-state index contributed by atoms with van der Waals surface area (Å²) in [6.45, 7) is 6.42. The smallest absolute Gasteiger partial charge is 0.211 e. The van der Waals surface area contributed by atoms with Crippen molar-refractivity contribution in [3.05, 3.63) is 34.8 Å². The fraction of sp³-hybridized carbons (Fsp3) is 0.231. The molecule has 0 amide bonds. The van der Waals surface area contributed by atoms with Crippen molar-refractivity contribution in [3.63, 3.8) is 0 Å². The first-order valence-corrected chi connectivity index (χ1v) is 6.69. The van der Waals surface area contributed by atoms with Gasteiger partial charge in [0.2, 0.25) is 5.96 Å². The van der Waals surface area contributed by atoms with Gasteiger partial charge < -0.3 is 20.9 Å². The minimum Gasteiger partial charge on any atom is -0.490 e. The highest BCUT2D eigenvalue weighted by Gasteiger charge is 2.11. The van der Waals surface area contributed by atoms with Crippen molar-refractivity contribution in [2.45, 2.75) is 6.92 Å². The number of hydrogen-bond acceptors (Lipinski definition) is 4. The lowest BCUT2D eigenvalue weighted by Crippen LogP contribution is -2.21. The second-order valence-corrected chi connectivity index (χ2v) is 4.49. The molecule has 0 aliphatic carbocycles. The molecular formula is C13H17BrN4O2. The van der Waals surface area contributed by atoms with E-state index in [0.717, 1.165) is 10.0 Å². The number of halogens is 1. The molecule has 0 aromatic heterocycles. The molecule has 0 spiro atoms. The third-order valence-corrected chi connectivity index (χ3v) is 2.65. The Morgan fingerprint density at radius 3 is 2.75 bits per heavy atom. The van der Waals surface area contributed by atoms with Crippen LogP contribution in [0.25, 0.3) is 0 Å². The molecule has 0 heterocycles. The average molecular weight is 341 g/mol. The predicted octanol–water partition coefficient (Wildman–Crippen LogP) is 2.02. The number of guanidine groups is 1. The number of ether oxygens (including phenoxy) is 2. The Hall–Kier alpha value is -2.02.